The van der Waals surface area contributed by atoms with Crippen molar-refractivity contribution in [2.45, 2.75) is 13.1 Å². The van der Waals surface area contributed by atoms with E-state index in [0.717, 1.165) is 11.4 Å². The van der Waals surface area contributed by atoms with Crippen LogP contribution in [0.1, 0.15) is 11.4 Å². The van der Waals surface area contributed by atoms with E-state index in [0.29, 0.717) is 13.1 Å². The lowest BCUT2D eigenvalue weighted by Gasteiger charge is -1.96. The Hall–Kier alpha value is -1.62. The van der Waals surface area contributed by atoms with Gasteiger partial charge in [-0.05, 0) is 0 Å². The minimum absolute atomic E-state index is 0.670. The Labute approximate surface area is 74.7 Å². The first-order valence-corrected chi connectivity index (χ1v) is 3.94. The largest absolute Gasteiger partial charge is 0.364 e. The van der Waals surface area contributed by atoms with Crippen molar-refractivity contribution in [3.63, 3.8) is 0 Å². The molecule has 2 heterocycles. The van der Waals surface area contributed by atoms with Gasteiger partial charge in [-0.1, -0.05) is 10.3 Å². The van der Waals surface area contributed by atoms with Crippen molar-refractivity contribution < 1.29 is 9.05 Å². The third kappa shape index (κ3) is 2.16. The average Bonchev–Trinajstić information content (AvgIpc) is 2.75. The summed E-state index contributed by atoms with van der Waals surface area (Å²) in [5.41, 5.74) is 1.76. The van der Waals surface area contributed by atoms with Gasteiger partial charge in [-0.15, -0.1) is 0 Å². The fraction of sp³-hybridized carbons (Fsp3) is 0.250. The molecule has 5 nitrogen and oxygen atoms in total. The summed E-state index contributed by atoms with van der Waals surface area (Å²) in [5, 5.41) is 10.7. The van der Waals surface area contributed by atoms with Gasteiger partial charge in [0.2, 0.25) is 0 Å². The van der Waals surface area contributed by atoms with Crippen molar-refractivity contribution in [2.24, 2.45) is 0 Å². The van der Waals surface area contributed by atoms with Crippen LogP contribution < -0.4 is 5.32 Å². The Balaban J connectivity index is 1.76. The van der Waals surface area contributed by atoms with Gasteiger partial charge in [-0.2, -0.15) is 0 Å². The molecule has 0 aliphatic rings. The van der Waals surface area contributed by atoms with Gasteiger partial charge in [0.25, 0.3) is 0 Å². The second-order valence-electron chi connectivity index (χ2n) is 2.59. The van der Waals surface area contributed by atoms with Crippen LogP contribution in [0.25, 0.3) is 0 Å². The molecule has 2 aromatic heterocycles. The van der Waals surface area contributed by atoms with Crippen molar-refractivity contribution in [1.82, 2.24) is 15.6 Å². The van der Waals surface area contributed by atoms with E-state index in [4.69, 9.17) is 0 Å². The van der Waals surface area contributed by atoms with Crippen LogP contribution in [0.2, 0.25) is 0 Å². The molecule has 13 heavy (non-hydrogen) atoms. The van der Waals surface area contributed by atoms with E-state index in [1.165, 1.54) is 0 Å². The predicted octanol–water partition coefficient (Wildman–Crippen LogP) is 0.952. The van der Waals surface area contributed by atoms with Crippen molar-refractivity contribution in [3.05, 3.63) is 36.0 Å². The lowest BCUT2D eigenvalue weighted by atomic mass is 10.4. The van der Waals surface area contributed by atoms with E-state index < -0.39 is 0 Å². The normalized spacial score (nSPS) is 10.5. The molecule has 68 valence electrons. The molecule has 0 aliphatic carbocycles. The molecule has 1 N–H and O–H groups in total. The lowest BCUT2D eigenvalue weighted by Crippen LogP contribution is -2.12. The topological polar surface area (TPSA) is 64.1 Å². The molecule has 0 spiro atoms. The molecule has 0 saturated heterocycles. The molecular formula is C8H9N3O2. The van der Waals surface area contributed by atoms with Gasteiger partial charge in [0.15, 0.2) is 0 Å². The zero-order chi connectivity index (χ0) is 8.93. The van der Waals surface area contributed by atoms with E-state index >= 15 is 0 Å². The van der Waals surface area contributed by atoms with Crippen LogP contribution in [0.5, 0.6) is 0 Å². The molecule has 0 unspecified atom stereocenters. The highest BCUT2D eigenvalue weighted by Gasteiger charge is 1.97. The number of hydrogen-bond donors (Lipinski definition) is 1. The third-order valence-electron chi connectivity index (χ3n) is 1.59. The Morgan fingerprint density at radius 3 is 1.92 bits per heavy atom. The standard InChI is InChI=1S/C8H9N3O2/c1-3-12-10-7(1)5-9-6-8-2-4-13-11-8/h1-4,9H,5-6H2. The van der Waals surface area contributed by atoms with Gasteiger partial charge in [0.05, 0.1) is 11.4 Å². The van der Waals surface area contributed by atoms with Crippen molar-refractivity contribution in [1.29, 1.82) is 0 Å². The number of nitrogens with zero attached hydrogens (tertiary/aromatic N) is 2. The quantitative estimate of drug-likeness (QED) is 0.757. The highest BCUT2D eigenvalue weighted by molar-refractivity contribution is 4.97. The molecule has 0 atom stereocenters. The van der Waals surface area contributed by atoms with Gasteiger partial charge in [-0.3, -0.25) is 0 Å². The second kappa shape index (κ2) is 3.86. The van der Waals surface area contributed by atoms with Gasteiger partial charge in [-0.25, -0.2) is 0 Å². The average molecular weight is 179 g/mol. The van der Waals surface area contributed by atoms with Crippen LogP contribution >= 0.6 is 0 Å². The predicted molar refractivity (Wildman–Crippen MR) is 43.5 cm³/mol. The van der Waals surface area contributed by atoms with Crippen LogP contribution in [0.3, 0.4) is 0 Å². The summed E-state index contributed by atoms with van der Waals surface area (Å²) in [4.78, 5) is 0. The van der Waals surface area contributed by atoms with Gasteiger partial charge < -0.3 is 14.4 Å². The van der Waals surface area contributed by atoms with Gasteiger partial charge in [0, 0.05) is 25.2 Å². The van der Waals surface area contributed by atoms with Crippen LogP contribution in [-0.2, 0) is 13.1 Å². The number of aromatic nitrogens is 2. The minimum Gasteiger partial charge on any atom is -0.364 e. The Morgan fingerprint density at radius 2 is 1.54 bits per heavy atom. The van der Waals surface area contributed by atoms with E-state index in [1.54, 1.807) is 12.5 Å². The fourth-order valence-corrected chi connectivity index (χ4v) is 0.976. The van der Waals surface area contributed by atoms with E-state index in [1.807, 2.05) is 12.1 Å². The summed E-state index contributed by atoms with van der Waals surface area (Å²) in [6, 6.07) is 3.63. The summed E-state index contributed by atoms with van der Waals surface area (Å²) < 4.78 is 9.36. The molecule has 2 aromatic rings. The van der Waals surface area contributed by atoms with Crippen LogP contribution in [0.15, 0.2) is 33.7 Å². The summed E-state index contributed by atoms with van der Waals surface area (Å²) in [5.74, 6) is 0. The highest BCUT2D eigenvalue weighted by atomic mass is 16.5. The van der Waals surface area contributed by atoms with Crippen LogP contribution in [0.4, 0.5) is 0 Å². The summed E-state index contributed by atoms with van der Waals surface area (Å²) in [6.45, 7) is 1.34. The molecule has 0 amide bonds. The second-order valence-corrected chi connectivity index (χ2v) is 2.59. The van der Waals surface area contributed by atoms with E-state index in [9.17, 15) is 0 Å². The van der Waals surface area contributed by atoms with E-state index in [-0.39, 0.29) is 0 Å². The first-order valence-electron chi connectivity index (χ1n) is 3.94. The molecule has 0 bridgehead atoms. The summed E-state index contributed by atoms with van der Waals surface area (Å²) in [6.07, 6.45) is 3.10. The minimum atomic E-state index is 0.670. The molecule has 2 rings (SSSR count). The molecule has 0 aliphatic heterocycles. The SMILES string of the molecule is c1cc(CNCc2ccon2)no1. The molecule has 0 aromatic carbocycles. The molecule has 0 saturated carbocycles. The number of rotatable bonds is 4. The first-order chi connectivity index (χ1) is 6.45. The molecular weight excluding hydrogens is 170 g/mol. The smallest absolute Gasteiger partial charge is 0.124 e. The summed E-state index contributed by atoms with van der Waals surface area (Å²) >= 11 is 0. The Morgan fingerprint density at radius 1 is 1.00 bits per heavy atom. The van der Waals surface area contributed by atoms with Crippen molar-refractivity contribution in [3.8, 4) is 0 Å². The van der Waals surface area contributed by atoms with E-state index in [2.05, 4.69) is 24.7 Å². The maximum atomic E-state index is 4.68. The van der Waals surface area contributed by atoms with Crippen molar-refractivity contribution >= 4 is 0 Å². The van der Waals surface area contributed by atoms with Crippen LogP contribution in [-0.4, -0.2) is 10.3 Å². The Bertz CT molecular complexity index is 294. The highest BCUT2D eigenvalue weighted by Crippen LogP contribution is 1.96. The first kappa shape index (κ1) is 8.00. The maximum Gasteiger partial charge on any atom is 0.124 e. The third-order valence-corrected chi connectivity index (χ3v) is 1.59. The lowest BCUT2D eigenvalue weighted by molar-refractivity contribution is 0.402. The zero-order valence-corrected chi connectivity index (χ0v) is 6.93. The van der Waals surface area contributed by atoms with Gasteiger partial charge in [0.1, 0.15) is 12.5 Å². The number of nitrogens with one attached hydrogen (secondary N) is 1. The van der Waals surface area contributed by atoms with Crippen LogP contribution in [0, 0.1) is 0 Å². The zero-order valence-electron chi connectivity index (χ0n) is 6.93. The maximum absolute atomic E-state index is 4.68. The fourth-order valence-electron chi connectivity index (χ4n) is 0.976. The number of hydrogen-bond acceptors (Lipinski definition) is 5. The van der Waals surface area contributed by atoms with Gasteiger partial charge >= 0.3 is 0 Å². The van der Waals surface area contributed by atoms with Crippen molar-refractivity contribution in [2.75, 3.05) is 0 Å². The monoisotopic (exact) mass is 179 g/mol. The Kier molecular flexibility index (Phi) is 2.38. The molecule has 0 fully saturated rings. The summed E-state index contributed by atoms with van der Waals surface area (Å²) in [7, 11) is 0. The molecule has 5 heteroatoms. The molecule has 0 radical (unpaired) electrons.